The lowest BCUT2D eigenvalue weighted by molar-refractivity contribution is 0.205. The second-order valence-electron chi connectivity index (χ2n) is 7.56. The van der Waals surface area contributed by atoms with Crippen LogP contribution in [0.1, 0.15) is 17.7 Å². The quantitative estimate of drug-likeness (QED) is 0.664. The summed E-state index contributed by atoms with van der Waals surface area (Å²) in [4.78, 5) is 23.9. The van der Waals surface area contributed by atoms with Crippen LogP contribution in [-0.2, 0) is 6.54 Å². The predicted octanol–water partition coefficient (Wildman–Crippen LogP) is 3.75. The molecule has 29 heavy (non-hydrogen) atoms. The SMILES string of the molecule is CNC(=O)N1CC=C(c2[nH]c3nccc4c3c2CN(C)c2ccc(F)cc2-4)CC1. The monoisotopic (exact) mass is 391 g/mol. The number of rotatable bonds is 1. The van der Waals surface area contributed by atoms with E-state index in [0.29, 0.717) is 19.6 Å². The number of aromatic amines is 1. The number of carbonyl (C=O) groups is 1. The van der Waals surface area contributed by atoms with Crippen LogP contribution >= 0.6 is 0 Å². The van der Waals surface area contributed by atoms with Gasteiger partial charge in [0.2, 0.25) is 0 Å². The molecule has 0 aliphatic carbocycles. The van der Waals surface area contributed by atoms with Crippen LogP contribution in [0.2, 0.25) is 0 Å². The van der Waals surface area contributed by atoms with Gasteiger partial charge in [-0.2, -0.15) is 0 Å². The first-order valence-electron chi connectivity index (χ1n) is 9.73. The van der Waals surface area contributed by atoms with Crippen LogP contribution in [0.15, 0.2) is 36.5 Å². The van der Waals surface area contributed by atoms with Gasteiger partial charge in [0.05, 0.1) is 0 Å². The highest BCUT2D eigenvalue weighted by molar-refractivity contribution is 6.02. The van der Waals surface area contributed by atoms with E-state index in [-0.39, 0.29) is 11.8 Å². The number of hydrogen-bond donors (Lipinski definition) is 2. The molecule has 0 radical (unpaired) electrons. The van der Waals surface area contributed by atoms with E-state index >= 15 is 0 Å². The molecule has 0 fully saturated rings. The molecule has 4 heterocycles. The van der Waals surface area contributed by atoms with Crippen molar-refractivity contribution in [1.29, 1.82) is 0 Å². The number of carbonyl (C=O) groups excluding carboxylic acids is 1. The number of hydrogen-bond acceptors (Lipinski definition) is 3. The van der Waals surface area contributed by atoms with Gasteiger partial charge in [0.25, 0.3) is 0 Å². The van der Waals surface area contributed by atoms with E-state index < -0.39 is 0 Å². The summed E-state index contributed by atoms with van der Waals surface area (Å²) in [6, 6.07) is 6.85. The number of H-pyrrole nitrogens is 1. The number of nitrogens with zero attached hydrogens (tertiary/aromatic N) is 3. The zero-order valence-corrected chi connectivity index (χ0v) is 16.4. The molecular formula is C22H22FN5O. The number of anilines is 1. The molecule has 2 aromatic heterocycles. The maximum atomic E-state index is 14.1. The molecule has 6 nitrogen and oxygen atoms in total. The number of nitrogens with one attached hydrogen (secondary N) is 2. The highest BCUT2D eigenvalue weighted by Crippen LogP contribution is 2.43. The van der Waals surface area contributed by atoms with E-state index in [9.17, 15) is 9.18 Å². The Kier molecular flexibility index (Phi) is 4.04. The van der Waals surface area contributed by atoms with Gasteiger partial charge in [-0.25, -0.2) is 14.2 Å². The summed E-state index contributed by atoms with van der Waals surface area (Å²) >= 11 is 0. The lowest BCUT2D eigenvalue weighted by atomic mass is 9.97. The average Bonchev–Trinajstić information content (AvgIpc) is 3.05. The third-order valence-corrected chi connectivity index (χ3v) is 5.88. The second kappa shape index (κ2) is 6.62. The Morgan fingerprint density at radius 2 is 2.14 bits per heavy atom. The number of pyridine rings is 1. The summed E-state index contributed by atoms with van der Waals surface area (Å²) in [6.45, 7) is 1.94. The van der Waals surface area contributed by atoms with E-state index in [2.05, 4.69) is 26.3 Å². The van der Waals surface area contributed by atoms with E-state index in [1.54, 1.807) is 24.2 Å². The highest BCUT2D eigenvalue weighted by Gasteiger charge is 2.27. The summed E-state index contributed by atoms with van der Waals surface area (Å²) in [5, 5.41) is 3.73. The minimum atomic E-state index is -0.245. The molecule has 0 saturated carbocycles. The van der Waals surface area contributed by atoms with Crippen molar-refractivity contribution < 1.29 is 9.18 Å². The number of fused-ring (bicyclic) bond motifs is 2. The van der Waals surface area contributed by atoms with Gasteiger partial charge >= 0.3 is 6.03 Å². The first-order valence-corrected chi connectivity index (χ1v) is 9.73. The first kappa shape index (κ1) is 17.7. The van der Waals surface area contributed by atoms with Crippen LogP contribution in [0.25, 0.3) is 27.7 Å². The van der Waals surface area contributed by atoms with Gasteiger partial charge in [-0.1, -0.05) is 6.08 Å². The summed E-state index contributed by atoms with van der Waals surface area (Å²) in [7, 11) is 3.68. The Labute approximate surface area is 168 Å². The molecule has 0 bridgehead atoms. The van der Waals surface area contributed by atoms with Crippen molar-refractivity contribution in [2.45, 2.75) is 13.0 Å². The minimum absolute atomic E-state index is 0.0590. The fourth-order valence-corrected chi connectivity index (χ4v) is 4.46. The molecule has 2 N–H and O–H groups in total. The van der Waals surface area contributed by atoms with Crippen molar-refractivity contribution in [1.82, 2.24) is 20.2 Å². The molecule has 148 valence electrons. The molecule has 2 aliphatic heterocycles. The number of benzene rings is 1. The zero-order valence-electron chi connectivity index (χ0n) is 16.4. The summed E-state index contributed by atoms with van der Waals surface area (Å²) < 4.78 is 14.1. The van der Waals surface area contributed by atoms with Crippen LogP contribution in [0.3, 0.4) is 0 Å². The van der Waals surface area contributed by atoms with Gasteiger partial charge in [0.15, 0.2) is 0 Å². The largest absolute Gasteiger partial charge is 0.370 e. The normalized spacial score (nSPS) is 15.8. The van der Waals surface area contributed by atoms with Crippen molar-refractivity contribution in [2.75, 3.05) is 32.1 Å². The lowest BCUT2D eigenvalue weighted by Crippen LogP contribution is -2.40. The summed E-state index contributed by atoms with van der Waals surface area (Å²) in [6.07, 6.45) is 4.65. The molecule has 1 aromatic carbocycles. The van der Waals surface area contributed by atoms with E-state index in [1.807, 2.05) is 19.2 Å². The number of aromatic nitrogens is 2. The Morgan fingerprint density at radius 1 is 1.28 bits per heavy atom. The van der Waals surface area contributed by atoms with Crippen molar-refractivity contribution in [3.8, 4) is 11.1 Å². The highest BCUT2D eigenvalue weighted by atomic mass is 19.1. The second-order valence-corrected chi connectivity index (χ2v) is 7.56. The summed E-state index contributed by atoms with van der Waals surface area (Å²) in [5.41, 5.74) is 7.12. The zero-order chi connectivity index (χ0) is 20.1. The van der Waals surface area contributed by atoms with E-state index in [1.165, 1.54) is 17.2 Å². The van der Waals surface area contributed by atoms with Crippen molar-refractivity contribution in [2.24, 2.45) is 0 Å². The third-order valence-electron chi connectivity index (χ3n) is 5.88. The maximum absolute atomic E-state index is 14.1. The van der Waals surface area contributed by atoms with Gasteiger partial charge < -0.3 is 20.1 Å². The van der Waals surface area contributed by atoms with Crippen LogP contribution < -0.4 is 10.2 Å². The van der Waals surface area contributed by atoms with Crippen LogP contribution in [0.4, 0.5) is 14.9 Å². The Morgan fingerprint density at radius 3 is 2.90 bits per heavy atom. The van der Waals surface area contributed by atoms with Gasteiger partial charge in [-0.15, -0.1) is 0 Å². The average molecular weight is 391 g/mol. The third kappa shape index (κ3) is 2.76. The number of amides is 2. The van der Waals surface area contributed by atoms with E-state index in [0.717, 1.165) is 40.0 Å². The van der Waals surface area contributed by atoms with Crippen molar-refractivity contribution in [3.05, 3.63) is 53.6 Å². The Balaban J connectivity index is 1.66. The Bertz CT molecular complexity index is 1170. The molecule has 5 rings (SSSR count). The Hall–Kier alpha value is -3.35. The fraction of sp³-hybridized carbons (Fsp3) is 0.273. The smallest absolute Gasteiger partial charge is 0.317 e. The van der Waals surface area contributed by atoms with Crippen LogP contribution in [0.5, 0.6) is 0 Å². The molecular weight excluding hydrogens is 369 g/mol. The molecule has 7 heteroatoms. The topological polar surface area (TPSA) is 64.3 Å². The molecule has 0 atom stereocenters. The maximum Gasteiger partial charge on any atom is 0.317 e. The first-order chi connectivity index (χ1) is 14.1. The fourth-order valence-electron chi connectivity index (χ4n) is 4.46. The standard InChI is InChI=1S/C22H22FN5O/c1-24-22(29)28-9-6-13(7-10-28)20-17-12-27(2)18-4-3-14(23)11-16(18)15-5-8-25-21(26-20)19(15)17/h3-6,8,11H,7,9-10,12H2,1-2H3,(H,24,29)(H,25,26). The molecule has 0 unspecified atom stereocenters. The molecule has 2 aliphatic rings. The van der Waals surface area contributed by atoms with Crippen molar-refractivity contribution in [3.63, 3.8) is 0 Å². The molecule has 3 aromatic rings. The molecule has 2 amide bonds. The molecule has 0 saturated heterocycles. The van der Waals surface area contributed by atoms with Gasteiger partial charge in [-0.3, -0.25) is 0 Å². The van der Waals surface area contributed by atoms with E-state index in [4.69, 9.17) is 0 Å². The summed E-state index contributed by atoms with van der Waals surface area (Å²) in [5.74, 6) is -0.245. The van der Waals surface area contributed by atoms with Crippen LogP contribution in [-0.4, -0.2) is 48.1 Å². The predicted molar refractivity (Wildman–Crippen MR) is 112 cm³/mol. The minimum Gasteiger partial charge on any atom is -0.370 e. The van der Waals surface area contributed by atoms with Gasteiger partial charge in [0.1, 0.15) is 11.5 Å². The number of halogens is 1. The molecule has 0 spiro atoms. The lowest BCUT2D eigenvalue weighted by Gasteiger charge is -2.26. The number of urea groups is 1. The van der Waals surface area contributed by atoms with Gasteiger partial charge in [-0.05, 0) is 41.8 Å². The van der Waals surface area contributed by atoms with Crippen LogP contribution in [0, 0.1) is 5.82 Å². The van der Waals surface area contributed by atoms with Gasteiger partial charge in [0, 0.05) is 67.8 Å². The van der Waals surface area contributed by atoms with Crippen molar-refractivity contribution >= 4 is 28.3 Å².